The highest BCUT2D eigenvalue weighted by molar-refractivity contribution is 7.89. The summed E-state index contributed by atoms with van der Waals surface area (Å²) in [7, 11) is -3.78. The van der Waals surface area contributed by atoms with Gasteiger partial charge in [0.15, 0.2) is 0 Å². The molecule has 0 saturated carbocycles. The second-order valence-electron chi connectivity index (χ2n) is 7.87. The number of aromatic amines is 1. The third-order valence-corrected chi connectivity index (χ3v) is 7.65. The smallest absolute Gasteiger partial charge is 0.247 e. The average molecular weight is 452 g/mol. The number of amides is 1. The molecule has 1 fully saturated rings. The lowest BCUT2D eigenvalue weighted by atomic mass is 9.90. The van der Waals surface area contributed by atoms with Crippen molar-refractivity contribution in [2.24, 2.45) is 5.92 Å². The number of rotatable bonds is 6. The predicted molar refractivity (Wildman–Crippen MR) is 121 cm³/mol. The van der Waals surface area contributed by atoms with E-state index in [0.29, 0.717) is 12.8 Å². The van der Waals surface area contributed by atoms with Crippen molar-refractivity contribution < 1.29 is 13.2 Å². The number of hydrogen-bond acceptors (Lipinski definition) is 4. The SMILES string of the molecule is O=C(NCc1ccc(=O)[nH]c1)[C@@H]1CC[C@H](c2ccccc2)N(S(=O)(=O)c2ccccc2)C1. The first-order valence-electron chi connectivity index (χ1n) is 10.5. The summed E-state index contributed by atoms with van der Waals surface area (Å²) in [6.07, 6.45) is 2.69. The molecule has 2 N–H and O–H groups in total. The zero-order chi connectivity index (χ0) is 22.6. The van der Waals surface area contributed by atoms with Crippen LogP contribution >= 0.6 is 0 Å². The Morgan fingerprint density at radius 3 is 2.31 bits per heavy atom. The molecule has 2 heterocycles. The third-order valence-electron chi connectivity index (χ3n) is 5.76. The Kier molecular flexibility index (Phi) is 6.53. The van der Waals surface area contributed by atoms with E-state index in [0.717, 1.165) is 11.1 Å². The van der Waals surface area contributed by atoms with Gasteiger partial charge in [-0.3, -0.25) is 9.59 Å². The second-order valence-corrected chi connectivity index (χ2v) is 9.76. The molecule has 2 aromatic carbocycles. The highest BCUT2D eigenvalue weighted by atomic mass is 32.2. The first kappa shape index (κ1) is 22.0. The summed E-state index contributed by atoms with van der Waals surface area (Å²) >= 11 is 0. The lowest BCUT2D eigenvalue weighted by Crippen LogP contribution is -2.46. The van der Waals surface area contributed by atoms with Gasteiger partial charge in [-0.1, -0.05) is 54.6 Å². The van der Waals surface area contributed by atoms with Gasteiger partial charge >= 0.3 is 0 Å². The van der Waals surface area contributed by atoms with Crippen LogP contribution in [0.3, 0.4) is 0 Å². The number of carbonyl (C=O) groups is 1. The highest BCUT2D eigenvalue weighted by Gasteiger charge is 2.39. The Morgan fingerprint density at radius 2 is 1.66 bits per heavy atom. The fourth-order valence-corrected chi connectivity index (χ4v) is 5.75. The molecule has 0 aliphatic carbocycles. The molecule has 4 rings (SSSR count). The van der Waals surface area contributed by atoms with Crippen LogP contribution in [-0.2, 0) is 21.4 Å². The summed E-state index contributed by atoms with van der Waals surface area (Å²) in [6.45, 7) is 0.369. The van der Waals surface area contributed by atoms with Crippen LogP contribution in [0.5, 0.6) is 0 Å². The number of aromatic nitrogens is 1. The predicted octanol–water partition coefficient (Wildman–Crippen LogP) is 2.83. The van der Waals surface area contributed by atoms with Gasteiger partial charge in [-0.15, -0.1) is 0 Å². The van der Waals surface area contributed by atoms with Crippen LogP contribution in [0.1, 0.15) is 30.0 Å². The van der Waals surface area contributed by atoms with Crippen LogP contribution in [-0.4, -0.2) is 30.2 Å². The van der Waals surface area contributed by atoms with Crippen molar-refractivity contribution in [3.05, 3.63) is 100 Å². The Bertz CT molecular complexity index is 1210. The minimum atomic E-state index is -3.78. The highest BCUT2D eigenvalue weighted by Crippen LogP contribution is 2.37. The molecule has 1 saturated heterocycles. The van der Waals surface area contributed by atoms with E-state index >= 15 is 0 Å². The molecule has 1 aliphatic rings. The summed E-state index contributed by atoms with van der Waals surface area (Å²) in [5.74, 6) is -0.660. The molecule has 3 aromatic rings. The molecule has 8 heteroatoms. The van der Waals surface area contributed by atoms with E-state index in [9.17, 15) is 18.0 Å². The largest absolute Gasteiger partial charge is 0.352 e. The van der Waals surface area contributed by atoms with Gasteiger partial charge in [0.2, 0.25) is 21.5 Å². The molecule has 0 unspecified atom stereocenters. The standard InChI is InChI=1S/C24H25N3O4S/c28-23-14-11-18(15-25-23)16-26-24(29)20-12-13-22(19-7-3-1-4-8-19)27(17-20)32(30,31)21-9-5-2-6-10-21/h1-11,14-15,20,22H,12-13,16-17H2,(H,25,28)(H,26,29)/t20-,22-/m1/s1. The molecule has 32 heavy (non-hydrogen) atoms. The van der Waals surface area contributed by atoms with Gasteiger partial charge in [0, 0.05) is 25.4 Å². The van der Waals surface area contributed by atoms with Crippen molar-refractivity contribution >= 4 is 15.9 Å². The maximum atomic E-state index is 13.5. The van der Waals surface area contributed by atoms with Crippen LogP contribution in [0.2, 0.25) is 0 Å². The van der Waals surface area contributed by atoms with Crippen molar-refractivity contribution in [2.75, 3.05) is 6.54 Å². The lowest BCUT2D eigenvalue weighted by Gasteiger charge is -2.38. The molecular formula is C24H25N3O4S. The number of sulfonamides is 1. The number of pyridine rings is 1. The average Bonchev–Trinajstić information content (AvgIpc) is 2.84. The van der Waals surface area contributed by atoms with E-state index < -0.39 is 15.9 Å². The maximum Gasteiger partial charge on any atom is 0.247 e. The van der Waals surface area contributed by atoms with Crippen LogP contribution in [0.25, 0.3) is 0 Å². The Labute approximate surface area is 187 Å². The molecule has 2 atom stereocenters. The fraction of sp³-hybridized carbons (Fsp3) is 0.250. The van der Waals surface area contributed by atoms with E-state index in [1.54, 1.807) is 42.6 Å². The number of nitrogens with one attached hydrogen (secondary N) is 2. The van der Waals surface area contributed by atoms with Gasteiger partial charge in [0.05, 0.1) is 16.9 Å². The number of benzene rings is 2. The maximum absolute atomic E-state index is 13.5. The first-order chi connectivity index (χ1) is 15.4. The zero-order valence-electron chi connectivity index (χ0n) is 17.5. The van der Waals surface area contributed by atoms with Gasteiger partial charge in [-0.2, -0.15) is 4.31 Å². The van der Waals surface area contributed by atoms with Gasteiger partial charge in [0.1, 0.15) is 0 Å². The summed E-state index contributed by atoms with van der Waals surface area (Å²) in [5.41, 5.74) is 1.48. The molecule has 166 valence electrons. The summed E-state index contributed by atoms with van der Waals surface area (Å²) in [6, 6.07) is 20.6. The minimum Gasteiger partial charge on any atom is -0.352 e. The molecule has 1 amide bonds. The Hall–Kier alpha value is -3.23. The quantitative estimate of drug-likeness (QED) is 0.602. The van der Waals surface area contributed by atoms with E-state index in [1.165, 1.54) is 10.4 Å². The molecule has 0 spiro atoms. The summed E-state index contributed by atoms with van der Waals surface area (Å²) in [5, 5.41) is 2.87. The van der Waals surface area contributed by atoms with E-state index in [4.69, 9.17) is 0 Å². The Balaban J connectivity index is 1.56. The zero-order valence-corrected chi connectivity index (χ0v) is 18.3. The molecule has 7 nitrogen and oxygen atoms in total. The van der Waals surface area contributed by atoms with Gasteiger partial charge < -0.3 is 10.3 Å². The summed E-state index contributed by atoms with van der Waals surface area (Å²) < 4.78 is 28.5. The van der Waals surface area contributed by atoms with Gasteiger partial charge in [-0.05, 0) is 36.1 Å². The minimum absolute atomic E-state index is 0.105. The van der Waals surface area contributed by atoms with Gasteiger partial charge in [0.25, 0.3) is 0 Å². The van der Waals surface area contributed by atoms with E-state index in [2.05, 4.69) is 10.3 Å². The Morgan fingerprint density at radius 1 is 0.969 bits per heavy atom. The number of nitrogens with zero attached hydrogens (tertiary/aromatic N) is 1. The normalized spacial score (nSPS) is 19.4. The first-order valence-corrected chi connectivity index (χ1v) is 12.0. The number of H-pyrrole nitrogens is 1. The van der Waals surface area contributed by atoms with E-state index in [-0.39, 0.29) is 35.5 Å². The van der Waals surface area contributed by atoms with Gasteiger partial charge in [-0.25, -0.2) is 8.42 Å². The van der Waals surface area contributed by atoms with Crippen LogP contribution in [0.4, 0.5) is 0 Å². The number of carbonyl (C=O) groups excluding carboxylic acids is 1. The van der Waals surface area contributed by atoms with Crippen molar-refractivity contribution in [3.8, 4) is 0 Å². The molecular weight excluding hydrogens is 426 g/mol. The molecule has 0 radical (unpaired) electrons. The van der Waals surface area contributed by atoms with E-state index in [1.807, 2.05) is 30.3 Å². The van der Waals surface area contributed by atoms with Crippen molar-refractivity contribution in [3.63, 3.8) is 0 Å². The van der Waals surface area contributed by atoms with Crippen LogP contribution < -0.4 is 10.9 Å². The third kappa shape index (κ3) is 4.81. The molecule has 1 aromatic heterocycles. The van der Waals surface area contributed by atoms with Crippen LogP contribution in [0.15, 0.2) is 88.7 Å². The van der Waals surface area contributed by atoms with Crippen LogP contribution in [0, 0.1) is 5.92 Å². The van der Waals surface area contributed by atoms with Crippen molar-refractivity contribution in [1.82, 2.24) is 14.6 Å². The number of hydrogen-bond donors (Lipinski definition) is 2. The lowest BCUT2D eigenvalue weighted by molar-refractivity contribution is -0.126. The van der Waals surface area contributed by atoms with Crippen molar-refractivity contribution in [1.29, 1.82) is 0 Å². The topological polar surface area (TPSA) is 99.3 Å². The van der Waals surface area contributed by atoms with Crippen molar-refractivity contribution in [2.45, 2.75) is 30.3 Å². The monoisotopic (exact) mass is 451 g/mol. The number of piperidine rings is 1. The fourth-order valence-electron chi connectivity index (χ4n) is 4.04. The second kappa shape index (κ2) is 9.50. The molecule has 0 bridgehead atoms. The summed E-state index contributed by atoms with van der Waals surface area (Å²) in [4.78, 5) is 26.9. The molecule has 1 aliphatic heterocycles.